The van der Waals surface area contributed by atoms with Crippen LogP contribution in [0.3, 0.4) is 0 Å². The number of pyridine rings is 1. The van der Waals surface area contributed by atoms with E-state index in [0.717, 1.165) is 5.69 Å². The Morgan fingerprint density at radius 3 is 2.74 bits per heavy atom. The zero-order valence-electron chi connectivity index (χ0n) is 14.4. The lowest BCUT2D eigenvalue weighted by atomic mass is 10.0. The van der Waals surface area contributed by atoms with Crippen molar-refractivity contribution in [3.63, 3.8) is 0 Å². The van der Waals surface area contributed by atoms with Gasteiger partial charge in [0.1, 0.15) is 12.2 Å². The zero-order valence-corrected chi connectivity index (χ0v) is 15.1. The largest absolute Gasteiger partial charge is 0.364 e. The summed E-state index contributed by atoms with van der Waals surface area (Å²) in [6.07, 6.45) is 4.90. The van der Waals surface area contributed by atoms with Gasteiger partial charge in [-0.3, -0.25) is 9.59 Å². The van der Waals surface area contributed by atoms with Crippen LogP contribution >= 0.6 is 11.6 Å². The van der Waals surface area contributed by atoms with Gasteiger partial charge >= 0.3 is 0 Å². The molecule has 0 aliphatic carbocycles. The number of ketones is 1. The van der Waals surface area contributed by atoms with Crippen LogP contribution in [0.4, 0.5) is 0 Å². The summed E-state index contributed by atoms with van der Waals surface area (Å²) in [6, 6.07) is 6.84. The quantitative estimate of drug-likeness (QED) is 0.569. The number of H-pyrrole nitrogens is 1. The Hall–Kier alpha value is -3.26. The molecule has 1 N–H and O–H groups in total. The molecule has 2 aromatic rings. The van der Waals surface area contributed by atoms with Crippen molar-refractivity contribution in [2.75, 3.05) is 0 Å². The summed E-state index contributed by atoms with van der Waals surface area (Å²) < 4.78 is 2.78. The van der Waals surface area contributed by atoms with Gasteiger partial charge in [-0.25, -0.2) is 4.68 Å². The molecular formula is C18H15ClN6O2. The number of carbonyl (C=O) groups excluding carboxylic acids is 1. The number of nitrogens with one attached hydrogen (secondary N) is 1. The third kappa shape index (κ3) is 3.26. The van der Waals surface area contributed by atoms with E-state index in [1.165, 1.54) is 15.6 Å². The molecule has 0 unspecified atom stereocenters. The molecule has 1 aromatic heterocycles. The predicted molar refractivity (Wildman–Crippen MR) is 99.3 cm³/mol. The highest BCUT2D eigenvalue weighted by molar-refractivity contribution is 6.30. The lowest BCUT2D eigenvalue weighted by Gasteiger charge is -2.09. The average molecular weight is 383 g/mol. The van der Waals surface area contributed by atoms with E-state index in [9.17, 15) is 9.59 Å². The Bertz CT molecular complexity index is 1130. The number of aromatic nitrogens is 6. The standard InChI is InChI=1S/C18H15ClN6O2/c1-11-15(8-14(26)10-24-7-6-21-23-24)17-16(9-20-11)18(27)25(22-17)13-4-2-12(19)3-5-13/h2-7,9,20H,8,10H2,1H3. The van der Waals surface area contributed by atoms with Crippen molar-refractivity contribution in [3.8, 4) is 16.9 Å². The lowest BCUT2D eigenvalue weighted by Crippen LogP contribution is -2.16. The molecule has 0 saturated heterocycles. The summed E-state index contributed by atoms with van der Waals surface area (Å²) in [7, 11) is 0. The number of hydrogen-bond donors (Lipinski definition) is 1. The number of nitrogens with zero attached hydrogens (tertiary/aromatic N) is 5. The monoisotopic (exact) mass is 382 g/mol. The smallest absolute Gasteiger partial charge is 0.282 e. The molecule has 0 amide bonds. The van der Waals surface area contributed by atoms with Gasteiger partial charge in [0.25, 0.3) is 5.56 Å². The molecule has 1 aromatic carbocycles. The van der Waals surface area contributed by atoms with E-state index >= 15 is 0 Å². The summed E-state index contributed by atoms with van der Waals surface area (Å²) in [4.78, 5) is 28.3. The van der Waals surface area contributed by atoms with Gasteiger partial charge in [0, 0.05) is 35.1 Å². The molecule has 136 valence electrons. The fraction of sp³-hybridized carbons (Fsp3) is 0.167. The minimum Gasteiger partial charge on any atom is -0.364 e. The maximum Gasteiger partial charge on any atom is 0.282 e. The topological polar surface area (TPSA) is 98.5 Å². The molecule has 2 aliphatic rings. The van der Waals surface area contributed by atoms with Crippen LogP contribution in [0.2, 0.25) is 5.02 Å². The molecule has 4 rings (SSSR count). The first-order valence-corrected chi connectivity index (χ1v) is 8.62. The molecule has 0 saturated carbocycles. The van der Waals surface area contributed by atoms with E-state index < -0.39 is 0 Å². The second kappa shape index (κ2) is 6.81. The second-order valence-electron chi connectivity index (χ2n) is 6.16. The van der Waals surface area contributed by atoms with Crippen molar-refractivity contribution in [2.45, 2.75) is 19.9 Å². The maximum absolute atomic E-state index is 12.8. The van der Waals surface area contributed by atoms with Crippen LogP contribution in [0.1, 0.15) is 11.3 Å². The van der Waals surface area contributed by atoms with Crippen molar-refractivity contribution >= 4 is 17.4 Å². The van der Waals surface area contributed by atoms with Crippen LogP contribution in [-0.2, 0) is 17.8 Å². The molecule has 9 heteroatoms. The number of benzene rings is 1. The maximum atomic E-state index is 12.8. The highest BCUT2D eigenvalue weighted by Crippen LogP contribution is 2.24. The van der Waals surface area contributed by atoms with Crippen LogP contribution in [0, 0.1) is 6.92 Å². The number of halogens is 1. The SMILES string of the molecule is Cc1[nH]cc2c(=O)n(-c3ccc(Cl)cc3)nc-2c1CC(=O)Cn1ccnn1. The Morgan fingerprint density at radius 1 is 1.26 bits per heavy atom. The second-order valence-corrected chi connectivity index (χ2v) is 6.60. The summed E-state index contributed by atoms with van der Waals surface area (Å²) in [5.74, 6) is -0.0574. The van der Waals surface area contributed by atoms with Gasteiger partial charge < -0.3 is 4.98 Å². The summed E-state index contributed by atoms with van der Waals surface area (Å²) in [5.41, 5.74) is 2.78. The van der Waals surface area contributed by atoms with Crippen LogP contribution in [0.25, 0.3) is 16.9 Å². The number of Topliss-reactive ketones (excluding diaryl/α,β-unsaturated/α-hetero) is 1. The Morgan fingerprint density at radius 2 is 2.04 bits per heavy atom. The van der Waals surface area contributed by atoms with E-state index in [1.807, 2.05) is 6.92 Å². The first-order valence-electron chi connectivity index (χ1n) is 8.24. The number of carbonyl (C=O) groups is 1. The first-order chi connectivity index (χ1) is 13.0. The number of fused-ring (bicyclic) bond motifs is 1. The lowest BCUT2D eigenvalue weighted by molar-refractivity contribution is -0.119. The zero-order chi connectivity index (χ0) is 19.0. The van der Waals surface area contributed by atoms with Crippen molar-refractivity contribution in [1.29, 1.82) is 0 Å². The summed E-state index contributed by atoms with van der Waals surface area (Å²) >= 11 is 5.92. The van der Waals surface area contributed by atoms with Gasteiger partial charge in [-0.05, 0) is 31.2 Å². The van der Waals surface area contributed by atoms with Crippen LogP contribution in [0.5, 0.6) is 0 Å². The van der Waals surface area contributed by atoms with E-state index in [4.69, 9.17) is 11.6 Å². The highest BCUT2D eigenvalue weighted by Gasteiger charge is 2.22. The molecule has 0 radical (unpaired) electrons. The normalized spacial score (nSPS) is 11.2. The minimum absolute atomic E-state index is 0.0574. The molecule has 3 heterocycles. The van der Waals surface area contributed by atoms with Gasteiger partial charge in [-0.15, -0.1) is 5.10 Å². The number of hydrogen-bond acceptors (Lipinski definition) is 5. The van der Waals surface area contributed by atoms with Gasteiger partial charge in [0.05, 0.1) is 17.4 Å². The van der Waals surface area contributed by atoms with E-state index in [2.05, 4.69) is 20.4 Å². The minimum atomic E-state index is -0.256. The average Bonchev–Trinajstić information content (AvgIpc) is 3.26. The molecule has 0 bridgehead atoms. The summed E-state index contributed by atoms with van der Waals surface area (Å²) in [6.45, 7) is 1.96. The number of aryl methyl sites for hydroxylation is 1. The number of aromatic amines is 1. The third-order valence-corrected chi connectivity index (χ3v) is 4.56. The van der Waals surface area contributed by atoms with Crippen LogP contribution < -0.4 is 5.56 Å². The van der Waals surface area contributed by atoms with Crippen molar-refractivity contribution in [1.82, 2.24) is 29.8 Å². The Labute approximate surface area is 158 Å². The molecule has 2 aliphatic heterocycles. The Balaban J connectivity index is 1.73. The van der Waals surface area contributed by atoms with Crippen molar-refractivity contribution < 1.29 is 4.79 Å². The van der Waals surface area contributed by atoms with Crippen LogP contribution in [-0.4, -0.2) is 35.5 Å². The molecule has 0 atom stereocenters. The van der Waals surface area contributed by atoms with E-state index in [1.54, 1.807) is 36.7 Å². The van der Waals surface area contributed by atoms with Gasteiger partial charge in [-0.2, -0.15) is 9.78 Å². The fourth-order valence-corrected chi connectivity index (χ4v) is 3.06. The third-order valence-electron chi connectivity index (χ3n) is 4.30. The molecule has 0 fully saturated rings. The first kappa shape index (κ1) is 17.2. The van der Waals surface area contributed by atoms with Gasteiger partial charge in [0.15, 0.2) is 5.78 Å². The highest BCUT2D eigenvalue weighted by atomic mass is 35.5. The van der Waals surface area contributed by atoms with Gasteiger partial charge in [-0.1, -0.05) is 16.8 Å². The van der Waals surface area contributed by atoms with Crippen molar-refractivity contribution in [3.05, 3.63) is 69.5 Å². The predicted octanol–water partition coefficient (Wildman–Crippen LogP) is 2.03. The Kier molecular flexibility index (Phi) is 4.33. The van der Waals surface area contributed by atoms with Crippen LogP contribution in [0.15, 0.2) is 47.7 Å². The fourth-order valence-electron chi connectivity index (χ4n) is 2.94. The van der Waals surface area contributed by atoms with Crippen molar-refractivity contribution in [2.24, 2.45) is 0 Å². The summed E-state index contributed by atoms with van der Waals surface area (Å²) in [5, 5.41) is 12.6. The van der Waals surface area contributed by atoms with E-state index in [-0.39, 0.29) is 24.3 Å². The molecular weight excluding hydrogens is 368 g/mol. The molecule has 27 heavy (non-hydrogen) atoms. The molecule has 8 nitrogen and oxygen atoms in total. The van der Waals surface area contributed by atoms with Gasteiger partial charge in [0.2, 0.25) is 0 Å². The van der Waals surface area contributed by atoms with E-state index in [0.29, 0.717) is 27.5 Å². The molecule has 0 spiro atoms. The number of rotatable bonds is 5.